The predicted molar refractivity (Wildman–Crippen MR) is 179 cm³/mol. The van der Waals surface area contributed by atoms with Crippen LogP contribution in [0, 0.1) is 0 Å². The summed E-state index contributed by atoms with van der Waals surface area (Å²) in [6, 6.07) is 44.3. The van der Waals surface area contributed by atoms with Gasteiger partial charge in [-0.3, -0.25) is 0 Å². The van der Waals surface area contributed by atoms with Crippen LogP contribution in [-0.4, -0.2) is 15.3 Å². The SMILES string of the molecule is Oc1cc(-c2c(Oc3ccc4ccc(O)c(-c5c(O)ccc6ccccc56)c4c3)ccc3ccccc23)c2ccccc2c1. The summed E-state index contributed by atoms with van der Waals surface area (Å²) >= 11 is 0. The Morgan fingerprint density at radius 1 is 0.386 bits per heavy atom. The van der Waals surface area contributed by atoms with Gasteiger partial charge in [-0.25, -0.2) is 0 Å². The molecule has 0 heterocycles. The summed E-state index contributed by atoms with van der Waals surface area (Å²) in [5.41, 5.74) is 2.85. The molecule has 8 rings (SSSR count). The van der Waals surface area contributed by atoms with Gasteiger partial charge in [-0.05, 0) is 91.1 Å². The molecule has 44 heavy (non-hydrogen) atoms. The predicted octanol–water partition coefficient (Wildman–Crippen LogP) is 10.5. The smallest absolute Gasteiger partial charge is 0.135 e. The van der Waals surface area contributed by atoms with Gasteiger partial charge in [0.15, 0.2) is 0 Å². The third kappa shape index (κ3) is 4.16. The minimum Gasteiger partial charge on any atom is -0.508 e. The van der Waals surface area contributed by atoms with Crippen molar-refractivity contribution in [2.24, 2.45) is 0 Å². The fourth-order valence-corrected chi connectivity index (χ4v) is 6.38. The number of rotatable bonds is 4. The lowest BCUT2D eigenvalue weighted by Crippen LogP contribution is -1.92. The largest absolute Gasteiger partial charge is 0.508 e. The van der Waals surface area contributed by atoms with Gasteiger partial charge < -0.3 is 20.1 Å². The lowest BCUT2D eigenvalue weighted by atomic mass is 9.92. The fraction of sp³-hybridized carbons (Fsp3) is 0. The molecule has 0 amide bonds. The molecular formula is C40H26O4. The van der Waals surface area contributed by atoms with E-state index in [0.29, 0.717) is 22.6 Å². The van der Waals surface area contributed by atoms with Gasteiger partial charge in [0.2, 0.25) is 0 Å². The Morgan fingerprint density at radius 2 is 0.909 bits per heavy atom. The van der Waals surface area contributed by atoms with Gasteiger partial charge in [-0.15, -0.1) is 0 Å². The molecule has 8 aromatic carbocycles. The second kappa shape index (κ2) is 10.1. The Morgan fingerprint density at radius 3 is 1.61 bits per heavy atom. The molecule has 3 N–H and O–H groups in total. The quantitative estimate of drug-likeness (QED) is 0.197. The average molecular weight is 571 g/mol. The van der Waals surface area contributed by atoms with Crippen LogP contribution in [0.15, 0.2) is 140 Å². The maximum atomic E-state index is 11.2. The molecular weight excluding hydrogens is 544 g/mol. The number of phenols is 3. The van der Waals surface area contributed by atoms with Crippen LogP contribution in [0.1, 0.15) is 0 Å². The van der Waals surface area contributed by atoms with E-state index in [1.54, 1.807) is 24.3 Å². The molecule has 210 valence electrons. The Bertz CT molecular complexity index is 2410. The van der Waals surface area contributed by atoms with Gasteiger partial charge in [-0.2, -0.15) is 0 Å². The summed E-state index contributed by atoms with van der Waals surface area (Å²) in [5, 5.41) is 40.4. The summed E-state index contributed by atoms with van der Waals surface area (Å²) in [5.74, 6) is 1.54. The van der Waals surface area contributed by atoms with Crippen LogP contribution in [0.5, 0.6) is 28.7 Å². The lowest BCUT2D eigenvalue weighted by molar-refractivity contribution is 0.470. The zero-order chi connectivity index (χ0) is 29.8. The van der Waals surface area contributed by atoms with Crippen molar-refractivity contribution in [1.82, 2.24) is 0 Å². The third-order valence-corrected chi connectivity index (χ3v) is 8.36. The van der Waals surface area contributed by atoms with Gasteiger partial charge in [-0.1, -0.05) is 97.1 Å². The second-order valence-corrected chi connectivity index (χ2v) is 11.0. The van der Waals surface area contributed by atoms with Gasteiger partial charge in [0.1, 0.15) is 28.7 Å². The first-order valence-electron chi connectivity index (χ1n) is 14.4. The Labute approximate surface area is 253 Å². The monoisotopic (exact) mass is 570 g/mol. The van der Waals surface area contributed by atoms with Gasteiger partial charge in [0, 0.05) is 16.7 Å². The van der Waals surface area contributed by atoms with Crippen molar-refractivity contribution in [1.29, 1.82) is 0 Å². The van der Waals surface area contributed by atoms with Crippen molar-refractivity contribution < 1.29 is 20.1 Å². The number of fused-ring (bicyclic) bond motifs is 4. The van der Waals surface area contributed by atoms with Gasteiger partial charge >= 0.3 is 0 Å². The molecule has 0 bridgehead atoms. The summed E-state index contributed by atoms with van der Waals surface area (Å²) < 4.78 is 6.69. The van der Waals surface area contributed by atoms with E-state index in [-0.39, 0.29) is 17.2 Å². The van der Waals surface area contributed by atoms with Crippen molar-refractivity contribution >= 4 is 43.1 Å². The van der Waals surface area contributed by atoms with E-state index in [1.807, 2.05) is 97.1 Å². The Hall–Kier alpha value is -6.00. The van der Waals surface area contributed by atoms with E-state index in [2.05, 4.69) is 18.2 Å². The van der Waals surface area contributed by atoms with Gasteiger partial charge in [0.05, 0.1) is 0 Å². The number of aromatic hydroxyl groups is 3. The lowest BCUT2D eigenvalue weighted by Gasteiger charge is -2.18. The van der Waals surface area contributed by atoms with Crippen LogP contribution in [-0.2, 0) is 0 Å². The molecule has 0 saturated heterocycles. The van der Waals surface area contributed by atoms with E-state index in [9.17, 15) is 15.3 Å². The topological polar surface area (TPSA) is 69.9 Å². The molecule has 0 atom stereocenters. The first kappa shape index (κ1) is 25.7. The van der Waals surface area contributed by atoms with E-state index in [4.69, 9.17) is 4.74 Å². The molecule has 4 nitrogen and oxygen atoms in total. The normalized spacial score (nSPS) is 11.5. The highest BCUT2D eigenvalue weighted by Crippen LogP contribution is 2.47. The maximum absolute atomic E-state index is 11.2. The standard InChI is InChI=1S/C40H26O4/c41-28-21-27-9-3-4-10-30(27)34(22-28)38-31-11-5-1-8-25(31)16-20-37(38)44-29-17-13-26-15-19-36(43)40(33(26)23-29)39-32-12-6-2-7-24(32)14-18-35(39)42/h1-23,41-43H. The zero-order valence-corrected chi connectivity index (χ0v) is 23.5. The molecule has 0 unspecified atom stereocenters. The third-order valence-electron chi connectivity index (χ3n) is 8.36. The summed E-state index contributed by atoms with van der Waals surface area (Å²) in [7, 11) is 0. The summed E-state index contributed by atoms with van der Waals surface area (Å²) in [6.07, 6.45) is 0. The first-order chi connectivity index (χ1) is 21.5. The highest BCUT2D eigenvalue weighted by Gasteiger charge is 2.19. The number of hydrogen-bond acceptors (Lipinski definition) is 4. The van der Waals surface area contributed by atoms with Crippen LogP contribution in [0.3, 0.4) is 0 Å². The maximum Gasteiger partial charge on any atom is 0.135 e. The molecule has 8 aromatic rings. The molecule has 0 fully saturated rings. The first-order valence-corrected chi connectivity index (χ1v) is 14.4. The minimum absolute atomic E-state index is 0.0685. The van der Waals surface area contributed by atoms with E-state index < -0.39 is 0 Å². The van der Waals surface area contributed by atoms with E-state index >= 15 is 0 Å². The average Bonchev–Trinajstić information content (AvgIpc) is 3.05. The van der Waals surface area contributed by atoms with Crippen molar-refractivity contribution in [3.05, 3.63) is 140 Å². The zero-order valence-electron chi connectivity index (χ0n) is 23.5. The van der Waals surface area contributed by atoms with Crippen molar-refractivity contribution in [3.8, 4) is 51.0 Å². The van der Waals surface area contributed by atoms with Crippen LogP contribution in [0.2, 0.25) is 0 Å². The molecule has 0 radical (unpaired) electrons. The van der Waals surface area contributed by atoms with E-state index in [1.165, 1.54) is 0 Å². The highest BCUT2D eigenvalue weighted by molar-refractivity contribution is 6.11. The van der Waals surface area contributed by atoms with Crippen LogP contribution < -0.4 is 4.74 Å². The molecule has 0 aromatic heterocycles. The number of hydrogen-bond donors (Lipinski definition) is 3. The second-order valence-electron chi connectivity index (χ2n) is 11.0. The fourth-order valence-electron chi connectivity index (χ4n) is 6.38. The van der Waals surface area contributed by atoms with Crippen molar-refractivity contribution in [2.45, 2.75) is 0 Å². The molecule has 0 aliphatic rings. The Kier molecular flexibility index (Phi) is 5.88. The Balaban J connectivity index is 1.35. The molecule has 0 aliphatic carbocycles. The molecule has 0 spiro atoms. The van der Waals surface area contributed by atoms with Gasteiger partial charge in [0.25, 0.3) is 0 Å². The van der Waals surface area contributed by atoms with Crippen molar-refractivity contribution in [2.75, 3.05) is 0 Å². The van der Waals surface area contributed by atoms with Crippen LogP contribution >= 0.6 is 0 Å². The number of ether oxygens (including phenoxy) is 1. The summed E-state index contributed by atoms with van der Waals surface area (Å²) in [4.78, 5) is 0. The van der Waals surface area contributed by atoms with Crippen molar-refractivity contribution in [3.63, 3.8) is 0 Å². The molecule has 0 aliphatic heterocycles. The number of benzene rings is 8. The molecule has 4 heteroatoms. The molecule has 0 saturated carbocycles. The van der Waals surface area contributed by atoms with E-state index in [0.717, 1.165) is 54.2 Å². The highest BCUT2D eigenvalue weighted by atomic mass is 16.5. The van der Waals surface area contributed by atoms with Crippen LogP contribution in [0.25, 0.3) is 65.3 Å². The summed E-state index contributed by atoms with van der Waals surface area (Å²) in [6.45, 7) is 0. The number of phenolic OH excluding ortho intramolecular Hbond substituents is 3. The minimum atomic E-state index is 0.0685. The van der Waals surface area contributed by atoms with Crippen LogP contribution in [0.4, 0.5) is 0 Å².